The highest BCUT2D eigenvalue weighted by molar-refractivity contribution is 5.07. The van der Waals surface area contributed by atoms with Crippen LogP contribution in [0.1, 0.15) is 64.1 Å². The van der Waals surface area contributed by atoms with Gasteiger partial charge in [0.05, 0.1) is 5.54 Å². The number of nitrogens with one attached hydrogen (secondary N) is 1. The van der Waals surface area contributed by atoms with Gasteiger partial charge in [0.25, 0.3) is 0 Å². The molecule has 1 aromatic rings. The molecule has 0 radical (unpaired) electrons. The summed E-state index contributed by atoms with van der Waals surface area (Å²) in [6.07, 6.45) is 4.35. The van der Waals surface area contributed by atoms with Crippen LogP contribution in [0.4, 0.5) is 0 Å². The zero-order valence-electron chi connectivity index (χ0n) is 10.4. The van der Waals surface area contributed by atoms with E-state index in [2.05, 4.69) is 36.2 Å². The Labute approximate surface area is 96.8 Å². The van der Waals surface area contributed by atoms with E-state index in [1.54, 1.807) is 0 Å². The molecule has 2 rings (SSSR count). The molecule has 1 saturated heterocycles. The second-order valence-corrected chi connectivity index (χ2v) is 4.73. The summed E-state index contributed by atoms with van der Waals surface area (Å²) >= 11 is 0. The minimum Gasteiger partial charge on any atom is -0.337 e. The quantitative estimate of drug-likeness (QED) is 0.852. The van der Waals surface area contributed by atoms with Crippen molar-refractivity contribution in [2.75, 3.05) is 6.54 Å². The fourth-order valence-corrected chi connectivity index (χ4v) is 2.25. The van der Waals surface area contributed by atoms with Gasteiger partial charge in [-0.3, -0.25) is 0 Å². The summed E-state index contributed by atoms with van der Waals surface area (Å²) in [6.45, 7) is 7.50. The van der Waals surface area contributed by atoms with E-state index in [9.17, 15) is 0 Å². The average Bonchev–Trinajstić information content (AvgIpc) is 2.96. The molecule has 90 valence electrons. The normalized spacial score (nSPS) is 27.2. The molecule has 1 aliphatic rings. The van der Waals surface area contributed by atoms with Gasteiger partial charge in [-0.05, 0) is 32.2 Å². The van der Waals surface area contributed by atoms with Gasteiger partial charge in [-0.25, -0.2) is 0 Å². The largest absolute Gasteiger partial charge is 0.337 e. The van der Waals surface area contributed by atoms with Crippen LogP contribution in [0.25, 0.3) is 0 Å². The summed E-state index contributed by atoms with van der Waals surface area (Å²) in [5.74, 6) is 2.01. The highest BCUT2D eigenvalue weighted by Gasteiger charge is 2.39. The summed E-state index contributed by atoms with van der Waals surface area (Å²) in [6, 6.07) is 0. The maximum absolute atomic E-state index is 5.44. The number of nitrogens with zero attached hydrogens (tertiary/aromatic N) is 2. The topological polar surface area (TPSA) is 51.0 Å². The Balaban J connectivity index is 2.23. The van der Waals surface area contributed by atoms with Gasteiger partial charge in [0.1, 0.15) is 0 Å². The van der Waals surface area contributed by atoms with Crippen molar-refractivity contribution < 1.29 is 4.52 Å². The van der Waals surface area contributed by atoms with Gasteiger partial charge in [0, 0.05) is 5.92 Å². The van der Waals surface area contributed by atoms with Crippen LogP contribution in [0.15, 0.2) is 4.52 Å². The van der Waals surface area contributed by atoms with E-state index in [1.807, 2.05) is 0 Å². The summed E-state index contributed by atoms with van der Waals surface area (Å²) in [7, 11) is 0. The van der Waals surface area contributed by atoms with Crippen molar-refractivity contribution in [3.05, 3.63) is 11.7 Å². The Hall–Kier alpha value is -0.900. The fourth-order valence-electron chi connectivity index (χ4n) is 2.25. The van der Waals surface area contributed by atoms with E-state index >= 15 is 0 Å². The van der Waals surface area contributed by atoms with Crippen molar-refractivity contribution in [2.24, 2.45) is 0 Å². The molecule has 0 spiro atoms. The highest BCUT2D eigenvalue weighted by atomic mass is 16.5. The van der Waals surface area contributed by atoms with Gasteiger partial charge in [-0.2, -0.15) is 4.98 Å². The summed E-state index contributed by atoms with van der Waals surface area (Å²) in [4.78, 5) is 4.57. The summed E-state index contributed by atoms with van der Waals surface area (Å²) in [5, 5.41) is 7.61. The van der Waals surface area contributed by atoms with E-state index in [4.69, 9.17) is 4.52 Å². The summed E-state index contributed by atoms with van der Waals surface area (Å²) < 4.78 is 5.44. The molecule has 16 heavy (non-hydrogen) atoms. The van der Waals surface area contributed by atoms with Crippen LogP contribution in [0.2, 0.25) is 0 Å². The van der Waals surface area contributed by atoms with E-state index in [-0.39, 0.29) is 5.54 Å². The number of hydrogen-bond acceptors (Lipinski definition) is 4. The van der Waals surface area contributed by atoms with E-state index < -0.39 is 0 Å². The van der Waals surface area contributed by atoms with E-state index in [0.717, 1.165) is 37.5 Å². The number of hydrogen-bond donors (Lipinski definition) is 1. The summed E-state index contributed by atoms with van der Waals surface area (Å²) in [5.41, 5.74) is -0.0568. The molecule has 0 bridgehead atoms. The average molecular weight is 223 g/mol. The van der Waals surface area contributed by atoms with Crippen molar-refractivity contribution in [3.63, 3.8) is 0 Å². The molecule has 1 aliphatic heterocycles. The van der Waals surface area contributed by atoms with E-state index in [0.29, 0.717) is 5.92 Å². The maximum atomic E-state index is 5.44. The lowest BCUT2D eigenvalue weighted by Crippen LogP contribution is -2.36. The van der Waals surface area contributed by atoms with Crippen molar-refractivity contribution >= 4 is 0 Å². The first-order valence-corrected chi connectivity index (χ1v) is 6.31. The third kappa shape index (κ3) is 1.86. The molecule has 1 N–H and O–H groups in total. The Kier molecular flexibility index (Phi) is 3.28. The zero-order chi connectivity index (χ0) is 11.6. The van der Waals surface area contributed by atoms with Crippen LogP contribution >= 0.6 is 0 Å². The smallest absolute Gasteiger partial charge is 0.246 e. The number of aromatic nitrogens is 2. The molecule has 0 saturated carbocycles. The standard InChI is InChI=1S/C12H21N3O/c1-4-9(3)10-14-11(16-15-10)12(5-2)7-6-8-13-12/h9,13H,4-8H2,1-3H3. The van der Waals surface area contributed by atoms with Crippen LogP contribution in [-0.2, 0) is 5.54 Å². The van der Waals surface area contributed by atoms with Gasteiger partial charge in [0.2, 0.25) is 5.89 Å². The van der Waals surface area contributed by atoms with Crippen LogP contribution in [0.5, 0.6) is 0 Å². The second-order valence-electron chi connectivity index (χ2n) is 4.73. The third-order valence-electron chi connectivity index (χ3n) is 3.75. The monoisotopic (exact) mass is 223 g/mol. The van der Waals surface area contributed by atoms with Gasteiger partial charge in [-0.15, -0.1) is 0 Å². The van der Waals surface area contributed by atoms with Crippen molar-refractivity contribution in [3.8, 4) is 0 Å². The predicted octanol–water partition coefficient (Wildman–Crippen LogP) is 2.57. The Morgan fingerprint density at radius 3 is 2.88 bits per heavy atom. The van der Waals surface area contributed by atoms with Crippen LogP contribution < -0.4 is 5.32 Å². The third-order valence-corrected chi connectivity index (χ3v) is 3.75. The highest BCUT2D eigenvalue weighted by Crippen LogP contribution is 2.33. The fraction of sp³-hybridized carbons (Fsp3) is 0.833. The van der Waals surface area contributed by atoms with Gasteiger partial charge >= 0.3 is 0 Å². The first kappa shape index (κ1) is 11.6. The van der Waals surface area contributed by atoms with Crippen LogP contribution in [0, 0.1) is 0 Å². The first-order valence-electron chi connectivity index (χ1n) is 6.31. The SMILES string of the molecule is CCC(C)c1noc(C2(CC)CCCN2)n1. The Bertz CT molecular complexity index is 342. The van der Waals surface area contributed by atoms with Crippen LogP contribution in [-0.4, -0.2) is 16.7 Å². The lowest BCUT2D eigenvalue weighted by atomic mass is 9.94. The molecule has 1 aromatic heterocycles. The second kappa shape index (κ2) is 4.53. The Morgan fingerprint density at radius 1 is 1.50 bits per heavy atom. The molecule has 0 amide bonds. The van der Waals surface area contributed by atoms with Crippen molar-refractivity contribution in [1.82, 2.24) is 15.5 Å². The molecular formula is C12H21N3O. The van der Waals surface area contributed by atoms with E-state index in [1.165, 1.54) is 6.42 Å². The van der Waals surface area contributed by atoms with Crippen LogP contribution in [0.3, 0.4) is 0 Å². The predicted molar refractivity (Wildman–Crippen MR) is 62.2 cm³/mol. The number of rotatable bonds is 4. The minimum absolute atomic E-state index is 0.0568. The lowest BCUT2D eigenvalue weighted by molar-refractivity contribution is 0.249. The molecule has 0 aromatic carbocycles. The molecular weight excluding hydrogens is 202 g/mol. The maximum Gasteiger partial charge on any atom is 0.246 e. The van der Waals surface area contributed by atoms with Gasteiger partial charge in [0.15, 0.2) is 5.82 Å². The first-order chi connectivity index (χ1) is 7.72. The van der Waals surface area contributed by atoms with Crippen molar-refractivity contribution in [2.45, 2.75) is 57.9 Å². The lowest BCUT2D eigenvalue weighted by Gasteiger charge is -2.22. The molecule has 4 nitrogen and oxygen atoms in total. The van der Waals surface area contributed by atoms with Gasteiger partial charge in [-0.1, -0.05) is 25.9 Å². The van der Waals surface area contributed by atoms with Gasteiger partial charge < -0.3 is 9.84 Å². The van der Waals surface area contributed by atoms with Crippen molar-refractivity contribution in [1.29, 1.82) is 0 Å². The molecule has 2 atom stereocenters. The Morgan fingerprint density at radius 2 is 2.31 bits per heavy atom. The molecule has 4 heteroatoms. The minimum atomic E-state index is -0.0568. The zero-order valence-corrected chi connectivity index (χ0v) is 10.4. The molecule has 2 heterocycles. The molecule has 0 aliphatic carbocycles. The molecule has 1 fully saturated rings. The molecule has 2 unspecified atom stereocenters.